The van der Waals surface area contributed by atoms with E-state index in [4.69, 9.17) is 5.73 Å². The summed E-state index contributed by atoms with van der Waals surface area (Å²) >= 11 is 0. The molecule has 2 heterocycles. The molecule has 0 radical (unpaired) electrons. The van der Waals surface area contributed by atoms with Crippen LogP contribution in [0.4, 0.5) is 17.1 Å². The molecule has 6 heteroatoms. The van der Waals surface area contributed by atoms with E-state index in [0.717, 1.165) is 68.2 Å². The van der Waals surface area contributed by atoms with Crippen molar-refractivity contribution in [2.24, 2.45) is 0 Å². The van der Waals surface area contributed by atoms with Crippen LogP contribution in [0.5, 0.6) is 0 Å². The molecule has 1 saturated heterocycles. The Bertz CT molecular complexity index is 1080. The van der Waals surface area contributed by atoms with Crippen LogP contribution in [0.2, 0.25) is 0 Å². The van der Waals surface area contributed by atoms with Gasteiger partial charge in [0.2, 0.25) is 0 Å². The van der Waals surface area contributed by atoms with Crippen LogP contribution in [0.1, 0.15) is 15.9 Å². The number of piperazine rings is 1. The lowest BCUT2D eigenvalue weighted by atomic mass is 10.0. The number of carbonyl (C=O) groups excluding carboxylic acids is 1. The van der Waals surface area contributed by atoms with Crippen molar-refractivity contribution in [2.45, 2.75) is 12.6 Å². The highest BCUT2D eigenvalue weighted by molar-refractivity contribution is 6.02. The van der Waals surface area contributed by atoms with Crippen molar-refractivity contribution in [1.82, 2.24) is 10.2 Å². The van der Waals surface area contributed by atoms with Gasteiger partial charge in [0, 0.05) is 57.1 Å². The predicted octanol–water partition coefficient (Wildman–Crippen LogP) is 3.21. The molecule has 2 aliphatic heterocycles. The molecule has 3 N–H and O–H groups in total. The van der Waals surface area contributed by atoms with Gasteiger partial charge < -0.3 is 20.9 Å². The first-order chi connectivity index (χ1) is 16.2. The summed E-state index contributed by atoms with van der Waals surface area (Å²) in [5, 5.41) is 3.23. The largest absolute Gasteiger partial charge is 0.399 e. The van der Waals surface area contributed by atoms with Gasteiger partial charge in [-0.2, -0.15) is 0 Å². The maximum absolute atomic E-state index is 12.8. The summed E-state index contributed by atoms with van der Waals surface area (Å²) in [6.45, 7) is 5.98. The molecule has 1 unspecified atom stereocenters. The molecule has 1 fully saturated rings. The van der Waals surface area contributed by atoms with E-state index in [1.165, 1.54) is 5.69 Å². The van der Waals surface area contributed by atoms with Gasteiger partial charge in [-0.05, 0) is 42.0 Å². The van der Waals surface area contributed by atoms with Crippen molar-refractivity contribution in [3.05, 3.63) is 90.0 Å². The van der Waals surface area contributed by atoms with Crippen LogP contribution in [-0.2, 0) is 6.42 Å². The van der Waals surface area contributed by atoms with Crippen LogP contribution in [0.3, 0.4) is 0 Å². The molecule has 6 nitrogen and oxygen atoms in total. The van der Waals surface area contributed by atoms with Gasteiger partial charge in [-0.25, -0.2) is 0 Å². The molecule has 2 aliphatic rings. The first kappa shape index (κ1) is 21.3. The minimum Gasteiger partial charge on any atom is -0.399 e. The van der Waals surface area contributed by atoms with Crippen LogP contribution in [0, 0.1) is 0 Å². The third-order valence-corrected chi connectivity index (χ3v) is 6.69. The highest BCUT2D eigenvalue weighted by Gasteiger charge is 2.31. The van der Waals surface area contributed by atoms with E-state index >= 15 is 0 Å². The Hall–Kier alpha value is -3.51. The first-order valence-electron chi connectivity index (χ1n) is 11.7. The zero-order valence-corrected chi connectivity index (χ0v) is 18.9. The Kier molecular flexibility index (Phi) is 6.17. The summed E-state index contributed by atoms with van der Waals surface area (Å²) < 4.78 is 0. The predicted molar refractivity (Wildman–Crippen MR) is 135 cm³/mol. The van der Waals surface area contributed by atoms with E-state index in [-0.39, 0.29) is 12.1 Å². The van der Waals surface area contributed by atoms with Gasteiger partial charge in [-0.3, -0.25) is 9.69 Å². The number of fused-ring (bicyclic) bond motifs is 1. The minimum atomic E-state index is -0.0818. The number of nitrogen functional groups attached to an aromatic ring is 1. The fraction of sp³-hybridized carbons (Fsp3) is 0.296. The standard InChI is InChI=1S/C27H31N5O/c28-22-12-10-21(11-13-22)20-26-29-27(33)24-8-4-5-9-25(24)32(26)19-16-30-14-17-31(18-15-30)23-6-2-1-3-7-23/h1-13,26H,14-20,28H2,(H,29,33). The number of para-hydroxylation sites is 2. The van der Waals surface area contributed by atoms with E-state index in [0.29, 0.717) is 0 Å². The molecule has 33 heavy (non-hydrogen) atoms. The van der Waals surface area contributed by atoms with Crippen molar-refractivity contribution in [3.8, 4) is 0 Å². The molecule has 1 amide bonds. The lowest BCUT2D eigenvalue weighted by Gasteiger charge is -2.41. The third kappa shape index (κ3) is 4.81. The van der Waals surface area contributed by atoms with Gasteiger partial charge in [0.05, 0.1) is 11.3 Å². The molecular weight excluding hydrogens is 410 g/mol. The molecule has 5 rings (SSSR count). The fourth-order valence-corrected chi connectivity index (χ4v) is 4.82. The summed E-state index contributed by atoms with van der Waals surface area (Å²) in [6.07, 6.45) is 0.656. The van der Waals surface area contributed by atoms with E-state index < -0.39 is 0 Å². The monoisotopic (exact) mass is 441 g/mol. The molecule has 0 aliphatic carbocycles. The number of nitrogens with zero attached hydrogens (tertiary/aromatic N) is 3. The normalized spacial score (nSPS) is 18.7. The molecular formula is C27H31N5O. The van der Waals surface area contributed by atoms with Crippen molar-refractivity contribution in [3.63, 3.8) is 0 Å². The molecule has 3 aromatic rings. The summed E-state index contributed by atoms with van der Waals surface area (Å²) in [5.41, 5.74) is 10.8. The van der Waals surface area contributed by atoms with Gasteiger partial charge >= 0.3 is 0 Å². The Balaban J connectivity index is 1.27. The Morgan fingerprint density at radius 2 is 1.52 bits per heavy atom. The summed E-state index contributed by atoms with van der Waals surface area (Å²) in [7, 11) is 0. The number of carbonyl (C=O) groups is 1. The van der Waals surface area contributed by atoms with Gasteiger partial charge in [-0.1, -0.05) is 42.5 Å². The number of hydrogen-bond donors (Lipinski definition) is 2. The zero-order valence-electron chi connectivity index (χ0n) is 18.9. The molecule has 170 valence electrons. The molecule has 3 aromatic carbocycles. The van der Waals surface area contributed by atoms with E-state index in [2.05, 4.69) is 56.4 Å². The smallest absolute Gasteiger partial charge is 0.254 e. The number of benzene rings is 3. The van der Waals surface area contributed by atoms with Crippen LogP contribution in [-0.4, -0.2) is 56.2 Å². The second kappa shape index (κ2) is 9.55. The quantitative estimate of drug-likeness (QED) is 0.575. The Labute approximate surface area is 195 Å². The van der Waals surface area contributed by atoms with Crippen molar-refractivity contribution < 1.29 is 4.79 Å². The number of nitrogens with one attached hydrogen (secondary N) is 1. The summed E-state index contributed by atoms with van der Waals surface area (Å²) in [4.78, 5) is 20.1. The van der Waals surface area contributed by atoms with Gasteiger partial charge in [0.1, 0.15) is 6.17 Å². The first-order valence-corrected chi connectivity index (χ1v) is 11.7. The van der Waals surface area contributed by atoms with Crippen LogP contribution in [0.25, 0.3) is 0 Å². The lowest BCUT2D eigenvalue weighted by Crippen LogP contribution is -2.56. The number of rotatable bonds is 6. The van der Waals surface area contributed by atoms with Gasteiger partial charge in [0.15, 0.2) is 0 Å². The fourth-order valence-electron chi connectivity index (χ4n) is 4.82. The van der Waals surface area contributed by atoms with E-state index in [9.17, 15) is 4.79 Å². The number of hydrogen-bond acceptors (Lipinski definition) is 5. The van der Waals surface area contributed by atoms with Crippen LogP contribution in [0.15, 0.2) is 78.9 Å². The molecule has 0 bridgehead atoms. The summed E-state index contributed by atoms with van der Waals surface area (Å²) in [6, 6.07) is 26.5. The molecule has 0 spiro atoms. The minimum absolute atomic E-state index is 0.00114. The Morgan fingerprint density at radius 1 is 0.818 bits per heavy atom. The lowest BCUT2D eigenvalue weighted by molar-refractivity contribution is 0.0925. The second-order valence-corrected chi connectivity index (χ2v) is 8.81. The topological polar surface area (TPSA) is 64.8 Å². The average Bonchev–Trinajstić information content (AvgIpc) is 2.86. The van der Waals surface area contributed by atoms with Crippen molar-refractivity contribution >= 4 is 23.0 Å². The summed E-state index contributed by atoms with van der Waals surface area (Å²) in [5.74, 6) is -0.00114. The van der Waals surface area contributed by atoms with Crippen molar-refractivity contribution in [2.75, 3.05) is 54.8 Å². The molecule has 0 aromatic heterocycles. The third-order valence-electron chi connectivity index (χ3n) is 6.69. The SMILES string of the molecule is Nc1ccc(CC2NC(=O)c3ccccc3N2CCN2CCN(c3ccccc3)CC2)cc1. The maximum atomic E-state index is 12.8. The van der Waals surface area contributed by atoms with E-state index in [1.807, 2.05) is 42.5 Å². The van der Waals surface area contributed by atoms with Crippen LogP contribution < -0.4 is 20.9 Å². The highest BCUT2D eigenvalue weighted by Crippen LogP contribution is 2.27. The number of nitrogens with two attached hydrogens (primary N) is 1. The Morgan fingerprint density at radius 3 is 2.27 bits per heavy atom. The van der Waals surface area contributed by atoms with Gasteiger partial charge in [-0.15, -0.1) is 0 Å². The van der Waals surface area contributed by atoms with Crippen molar-refractivity contribution in [1.29, 1.82) is 0 Å². The average molecular weight is 442 g/mol. The molecule has 0 saturated carbocycles. The highest BCUT2D eigenvalue weighted by atomic mass is 16.2. The zero-order chi connectivity index (χ0) is 22.6. The maximum Gasteiger partial charge on any atom is 0.254 e. The van der Waals surface area contributed by atoms with E-state index in [1.54, 1.807) is 0 Å². The molecule has 1 atom stereocenters. The number of anilines is 3. The van der Waals surface area contributed by atoms with Crippen LogP contribution >= 0.6 is 0 Å². The number of amides is 1. The second-order valence-electron chi connectivity index (χ2n) is 8.81. The van der Waals surface area contributed by atoms with Gasteiger partial charge in [0.25, 0.3) is 5.91 Å².